The first-order chi connectivity index (χ1) is 13.2. The Morgan fingerprint density at radius 1 is 0.852 bits per heavy atom. The molecular weight excluding hydrogens is 340 g/mol. The third-order valence-corrected chi connectivity index (χ3v) is 4.44. The number of hydrogen-bond acceptors (Lipinski definition) is 4. The predicted octanol–water partition coefficient (Wildman–Crippen LogP) is 3.64. The molecular formula is C22H18N2O3. The molecule has 0 aromatic heterocycles. The summed E-state index contributed by atoms with van der Waals surface area (Å²) in [5, 5.41) is 1.69. The molecule has 5 heteroatoms. The summed E-state index contributed by atoms with van der Waals surface area (Å²) in [6.45, 7) is 0. The number of anilines is 2. The highest BCUT2D eigenvalue weighted by molar-refractivity contribution is 5.96. The van der Waals surface area contributed by atoms with E-state index in [1.54, 1.807) is 17.1 Å². The number of nitrogens with zero attached hydrogens (tertiary/aromatic N) is 1. The number of para-hydroxylation sites is 2. The van der Waals surface area contributed by atoms with Crippen molar-refractivity contribution in [3.05, 3.63) is 96.1 Å². The lowest BCUT2D eigenvalue weighted by molar-refractivity contribution is -0.130. The van der Waals surface area contributed by atoms with E-state index < -0.39 is 12.1 Å². The van der Waals surface area contributed by atoms with Crippen molar-refractivity contribution in [1.29, 1.82) is 0 Å². The van der Waals surface area contributed by atoms with Gasteiger partial charge in [0.2, 0.25) is 0 Å². The molecule has 3 aromatic carbocycles. The van der Waals surface area contributed by atoms with Crippen molar-refractivity contribution in [1.82, 2.24) is 5.43 Å². The fraction of sp³-hybridized carbons (Fsp3) is 0.0909. The standard InChI is InChI=1S/C22H18N2O3/c25-21(20-15-16-9-7-8-14-19(16)22(26)27-20)23-24(17-10-3-1-4-11-17)18-12-5-2-6-13-18/h1-14,20H,15H2,(H,23,25). The molecule has 1 aliphatic rings. The van der Waals surface area contributed by atoms with Gasteiger partial charge in [0.25, 0.3) is 5.91 Å². The molecule has 0 saturated heterocycles. The highest BCUT2D eigenvalue weighted by Gasteiger charge is 2.32. The van der Waals surface area contributed by atoms with Gasteiger partial charge >= 0.3 is 5.97 Å². The SMILES string of the molecule is O=C1OC(C(=O)NN(c2ccccc2)c2ccccc2)Cc2ccccc21. The monoisotopic (exact) mass is 358 g/mol. The molecule has 0 aliphatic carbocycles. The fourth-order valence-electron chi connectivity index (χ4n) is 3.09. The molecule has 0 saturated carbocycles. The van der Waals surface area contributed by atoms with Crippen molar-refractivity contribution in [2.45, 2.75) is 12.5 Å². The Balaban J connectivity index is 1.59. The molecule has 0 bridgehead atoms. The van der Waals surface area contributed by atoms with Crippen LogP contribution in [0.3, 0.4) is 0 Å². The number of carbonyl (C=O) groups is 2. The van der Waals surface area contributed by atoms with Crippen molar-refractivity contribution in [3.8, 4) is 0 Å². The van der Waals surface area contributed by atoms with Crippen LogP contribution in [0, 0.1) is 0 Å². The number of benzene rings is 3. The third kappa shape index (κ3) is 3.53. The van der Waals surface area contributed by atoms with Crippen molar-refractivity contribution in [2.24, 2.45) is 0 Å². The molecule has 1 amide bonds. The minimum absolute atomic E-state index is 0.352. The van der Waals surface area contributed by atoms with E-state index in [2.05, 4.69) is 5.43 Å². The van der Waals surface area contributed by atoms with Gasteiger partial charge in [-0.15, -0.1) is 0 Å². The van der Waals surface area contributed by atoms with Gasteiger partial charge in [-0.25, -0.2) is 4.79 Å². The van der Waals surface area contributed by atoms with E-state index in [1.165, 1.54) is 0 Å². The van der Waals surface area contributed by atoms with Crippen LogP contribution in [0.1, 0.15) is 15.9 Å². The topological polar surface area (TPSA) is 58.6 Å². The lowest BCUT2D eigenvalue weighted by Gasteiger charge is -2.29. The molecule has 3 aromatic rings. The van der Waals surface area contributed by atoms with Gasteiger partial charge in [0, 0.05) is 6.42 Å². The van der Waals surface area contributed by atoms with Crippen LogP contribution in [0.5, 0.6) is 0 Å². The number of ether oxygens (including phenoxy) is 1. The first-order valence-corrected chi connectivity index (χ1v) is 8.72. The van der Waals surface area contributed by atoms with Crippen LogP contribution in [0.4, 0.5) is 11.4 Å². The number of hydrazine groups is 1. The van der Waals surface area contributed by atoms with E-state index in [4.69, 9.17) is 4.74 Å². The molecule has 1 atom stereocenters. The zero-order valence-corrected chi connectivity index (χ0v) is 14.5. The Labute approximate surface area is 157 Å². The molecule has 5 nitrogen and oxygen atoms in total. The van der Waals surface area contributed by atoms with Gasteiger partial charge in [0.1, 0.15) is 0 Å². The Morgan fingerprint density at radius 3 is 2.04 bits per heavy atom. The van der Waals surface area contributed by atoms with Crippen LogP contribution in [0.2, 0.25) is 0 Å². The van der Waals surface area contributed by atoms with Crippen LogP contribution < -0.4 is 10.4 Å². The molecule has 4 rings (SSSR count). The van der Waals surface area contributed by atoms with E-state index in [0.29, 0.717) is 12.0 Å². The van der Waals surface area contributed by atoms with Gasteiger partial charge in [-0.05, 0) is 35.9 Å². The zero-order valence-electron chi connectivity index (χ0n) is 14.5. The molecule has 1 unspecified atom stereocenters. The van der Waals surface area contributed by atoms with Crippen LogP contribution >= 0.6 is 0 Å². The molecule has 0 radical (unpaired) electrons. The van der Waals surface area contributed by atoms with Gasteiger partial charge in [-0.3, -0.25) is 15.2 Å². The highest BCUT2D eigenvalue weighted by Crippen LogP contribution is 2.24. The number of esters is 1. The second kappa shape index (κ2) is 7.33. The number of amides is 1. The molecule has 27 heavy (non-hydrogen) atoms. The smallest absolute Gasteiger partial charge is 0.339 e. The number of rotatable bonds is 4. The fourth-order valence-corrected chi connectivity index (χ4v) is 3.09. The summed E-state index contributed by atoms with van der Waals surface area (Å²) in [7, 11) is 0. The van der Waals surface area contributed by atoms with Gasteiger partial charge in [0.15, 0.2) is 6.10 Å². The van der Waals surface area contributed by atoms with Gasteiger partial charge in [0.05, 0.1) is 16.9 Å². The van der Waals surface area contributed by atoms with Crippen molar-refractivity contribution >= 4 is 23.3 Å². The third-order valence-electron chi connectivity index (χ3n) is 4.44. The molecule has 1 heterocycles. The maximum Gasteiger partial charge on any atom is 0.339 e. The van der Waals surface area contributed by atoms with Crippen LogP contribution in [0.15, 0.2) is 84.9 Å². The van der Waals surface area contributed by atoms with Crippen molar-refractivity contribution in [2.75, 3.05) is 5.01 Å². The molecule has 1 aliphatic heterocycles. The maximum atomic E-state index is 12.9. The summed E-state index contributed by atoms with van der Waals surface area (Å²) in [4.78, 5) is 25.1. The van der Waals surface area contributed by atoms with E-state index in [1.807, 2.05) is 72.8 Å². The Kier molecular flexibility index (Phi) is 4.58. The summed E-state index contributed by atoms with van der Waals surface area (Å²) in [5.74, 6) is -0.839. The zero-order chi connectivity index (χ0) is 18.6. The lowest BCUT2D eigenvalue weighted by Crippen LogP contribution is -2.48. The largest absolute Gasteiger partial charge is 0.448 e. The highest BCUT2D eigenvalue weighted by atomic mass is 16.5. The Hall–Kier alpha value is -3.60. The van der Waals surface area contributed by atoms with E-state index in [0.717, 1.165) is 16.9 Å². The first kappa shape index (κ1) is 16.8. The number of nitrogens with one attached hydrogen (secondary N) is 1. The van der Waals surface area contributed by atoms with Gasteiger partial charge < -0.3 is 4.74 Å². The first-order valence-electron chi connectivity index (χ1n) is 8.72. The predicted molar refractivity (Wildman–Crippen MR) is 103 cm³/mol. The maximum absolute atomic E-state index is 12.9. The van der Waals surface area contributed by atoms with Crippen molar-refractivity contribution in [3.63, 3.8) is 0 Å². The van der Waals surface area contributed by atoms with E-state index >= 15 is 0 Å². The van der Waals surface area contributed by atoms with E-state index in [9.17, 15) is 9.59 Å². The summed E-state index contributed by atoms with van der Waals surface area (Å²) in [6.07, 6.45) is -0.521. The van der Waals surface area contributed by atoms with Crippen LogP contribution in [-0.2, 0) is 16.0 Å². The summed E-state index contributed by atoms with van der Waals surface area (Å²) in [5.41, 5.74) is 5.84. The second-order valence-corrected chi connectivity index (χ2v) is 6.24. The Bertz CT molecular complexity index is 918. The summed E-state index contributed by atoms with van der Waals surface area (Å²) in [6, 6.07) is 26.2. The number of cyclic esters (lactones) is 1. The Morgan fingerprint density at radius 2 is 1.41 bits per heavy atom. The quantitative estimate of drug-likeness (QED) is 0.571. The summed E-state index contributed by atoms with van der Waals surface area (Å²) >= 11 is 0. The normalized spacial score (nSPS) is 15.4. The minimum Gasteiger partial charge on any atom is -0.448 e. The number of carbonyl (C=O) groups excluding carboxylic acids is 2. The summed E-state index contributed by atoms with van der Waals surface area (Å²) < 4.78 is 5.37. The molecule has 0 spiro atoms. The van der Waals surface area contributed by atoms with Crippen molar-refractivity contribution < 1.29 is 14.3 Å². The lowest BCUT2D eigenvalue weighted by atomic mass is 9.98. The number of fused-ring (bicyclic) bond motifs is 1. The molecule has 0 fully saturated rings. The van der Waals surface area contributed by atoms with Crippen LogP contribution in [-0.4, -0.2) is 18.0 Å². The molecule has 1 N–H and O–H groups in total. The second-order valence-electron chi connectivity index (χ2n) is 6.24. The minimum atomic E-state index is -0.873. The van der Waals surface area contributed by atoms with Crippen LogP contribution in [0.25, 0.3) is 0 Å². The van der Waals surface area contributed by atoms with Gasteiger partial charge in [-0.2, -0.15) is 0 Å². The average molecular weight is 358 g/mol. The van der Waals surface area contributed by atoms with Gasteiger partial charge in [-0.1, -0.05) is 54.6 Å². The number of hydrogen-bond donors (Lipinski definition) is 1. The van der Waals surface area contributed by atoms with E-state index in [-0.39, 0.29) is 5.91 Å². The molecule has 134 valence electrons. The average Bonchev–Trinajstić information content (AvgIpc) is 2.73.